The molecule has 0 fully saturated rings. The molecule has 8 heteroatoms. The summed E-state index contributed by atoms with van der Waals surface area (Å²) in [5.41, 5.74) is 3.52. The summed E-state index contributed by atoms with van der Waals surface area (Å²) in [5.74, 6) is 1.05. The number of aromatic nitrogens is 3. The summed E-state index contributed by atoms with van der Waals surface area (Å²) in [4.78, 5) is 17.6. The maximum atomic E-state index is 10.7. The van der Waals surface area contributed by atoms with E-state index < -0.39 is 0 Å². The van der Waals surface area contributed by atoms with Gasteiger partial charge in [0.25, 0.3) is 0 Å². The van der Waals surface area contributed by atoms with Crippen molar-refractivity contribution >= 4 is 44.4 Å². The molecular weight excluding hydrogens is 537 g/mol. The van der Waals surface area contributed by atoms with Gasteiger partial charge in [-0.3, -0.25) is 4.79 Å². The summed E-state index contributed by atoms with van der Waals surface area (Å²) < 4.78 is 7.80. The minimum Gasteiger partial charge on any atom is -0.313 e. The summed E-state index contributed by atoms with van der Waals surface area (Å²) in [6.45, 7) is 5.71. The number of anilines is 1. The van der Waals surface area contributed by atoms with E-state index in [0.717, 1.165) is 70.5 Å². The molecule has 3 heterocycles. The van der Waals surface area contributed by atoms with Crippen LogP contribution in [-0.2, 0) is 17.8 Å². The van der Waals surface area contributed by atoms with Crippen LogP contribution in [0.4, 0.5) is 5.82 Å². The van der Waals surface area contributed by atoms with Crippen LogP contribution in [0.1, 0.15) is 36.6 Å². The van der Waals surface area contributed by atoms with Gasteiger partial charge in [-0.1, -0.05) is 12.2 Å². The zero-order valence-corrected chi connectivity index (χ0v) is 19.4. The fraction of sp³-hybridized carbons (Fsp3) is 0.421. The van der Waals surface area contributed by atoms with E-state index >= 15 is 0 Å². The summed E-state index contributed by atoms with van der Waals surface area (Å²) in [6.07, 6.45) is 9.73. The monoisotopic (exact) mass is 562 g/mol. The third-order valence-corrected chi connectivity index (χ3v) is 5.39. The third kappa shape index (κ3) is 5.61. The van der Waals surface area contributed by atoms with Crippen LogP contribution in [0.2, 0.25) is 0 Å². The second kappa shape index (κ2) is 9.98. The van der Waals surface area contributed by atoms with Gasteiger partial charge < -0.3 is 5.32 Å². The Morgan fingerprint density at radius 2 is 2.26 bits per heavy atom. The minimum atomic E-state index is 0.518. The zero-order valence-electron chi connectivity index (χ0n) is 15.5. The molecule has 141 valence electrons. The van der Waals surface area contributed by atoms with Crippen molar-refractivity contribution < 1.29 is 9.53 Å². The minimum absolute atomic E-state index is 0.518. The van der Waals surface area contributed by atoms with Crippen LogP contribution < -0.4 is 10.1 Å². The van der Waals surface area contributed by atoms with Crippen LogP contribution >= 0.6 is 0 Å². The van der Waals surface area contributed by atoms with Gasteiger partial charge in [0.2, 0.25) is 6.41 Å². The van der Waals surface area contributed by atoms with E-state index in [1.54, 1.807) is 0 Å². The van der Waals surface area contributed by atoms with Crippen molar-refractivity contribution in [3.63, 3.8) is 0 Å². The van der Waals surface area contributed by atoms with Crippen molar-refractivity contribution in [1.29, 1.82) is 0 Å². The number of rotatable bonds is 9. The normalized spacial score (nSPS) is 14.3. The van der Waals surface area contributed by atoms with E-state index in [1.807, 2.05) is 33.7 Å². The smallest absolute Gasteiger partial charge is 0.313 e. The van der Waals surface area contributed by atoms with E-state index in [9.17, 15) is 4.79 Å². The van der Waals surface area contributed by atoms with Gasteiger partial charge in [-0.2, -0.15) is 0 Å². The molecule has 27 heavy (non-hydrogen) atoms. The fourth-order valence-corrected chi connectivity index (χ4v) is 4.27. The Kier molecular flexibility index (Phi) is 7.39. The molecule has 0 atom stereocenters. The van der Waals surface area contributed by atoms with Gasteiger partial charge in [0.05, 0.1) is 0 Å². The standard InChI is InChI=1S/C19H25N5O2.Pb/c1-2-5-15-6-7-18(22-19(15)20-14-25)26-11-4-3-9-24-10-8-17-16(13-24)12-21-23-17;/h2,5-7,12,14H,3-4,8-11,13H2,1H3,(H2,20,21,22,23,25);/q;+1/p-1/b5-2-;. The molecule has 0 bridgehead atoms. The number of amides is 1. The summed E-state index contributed by atoms with van der Waals surface area (Å²) in [6, 6.07) is 3.74. The molecule has 0 spiro atoms. The molecule has 1 N–H and O–H groups in total. The maximum absolute atomic E-state index is 10.7. The molecule has 1 aliphatic heterocycles. The van der Waals surface area contributed by atoms with Gasteiger partial charge >= 0.3 is 123 Å². The number of carbonyl (C=O) groups is 1. The average Bonchev–Trinajstić information content (AvgIpc) is 3.03. The Morgan fingerprint density at radius 3 is 3.07 bits per heavy atom. The number of pyridine rings is 1. The van der Waals surface area contributed by atoms with Crippen molar-refractivity contribution in [2.24, 2.45) is 0 Å². The first-order valence-corrected chi connectivity index (χ1v) is 10.9. The Morgan fingerprint density at radius 1 is 1.37 bits per heavy atom. The van der Waals surface area contributed by atoms with E-state index in [0.29, 0.717) is 24.7 Å². The van der Waals surface area contributed by atoms with Crippen molar-refractivity contribution in [1.82, 2.24) is 17.5 Å². The third-order valence-electron chi connectivity index (χ3n) is 4.50. The van der Waals surface area contributed by atoms with E-state index in [2.05, 4.69) is 26.5 Å². The van der Waals surface area contributed by atoms with Crippen LogP contribution in [0.15, 0.2) is 24.4 Å². The molecule has 7 nitrogen and oxygen atoms in total. The molecule has 3 rings (SSSR count). The predicted octanol–water partition coefficient (Wildman–Crippen LogP) is 2.03. The van der Waals surface area contributed by atoms with Crippen molar-refractivity contribution in [3.05, 3.63) is 41.2 Å². The van der Waals surface area contributed by atoms with Crippen LogP contribution in [-0.4, -0.2) is 69.6 Å². The molecule has 0 unspecified atom stereocenters. The van der Waals surface area contributed by atoms with Crippen molar-refractivity contribution in [3.8, 4) is 5.88 Å². The molecule has 1 amide bonds. The number of hydrogen-bond donors (Lipinski definition) is 1. The van der Waals surface area contributed by atoms with Gasteiger partial charge in [0, 0.05) is 5.56 Å². The molecule has 0 saturated heterocycles. The van der Waals surface area contributed by atoms with Gasteiger partial charge in [-0.25, -0.2) is 0 Å². The molecule has 3 radical (unpaired) electrons. The summed E-state index contributed by atoms with van der Waals surface area (Å²) >= 11 is 0.951. The number of nitrogens with zero attached hydrogens (tertiary/aromatic N) is 4. The number of hydrogen-bond acceptors (Lipinski definition) is 5. The number of ether oxygens (including phenoxy) is 1. The topological polar surface area (TPSA) is 72.3 Å². The first-order valence-electron chi connectivity index (χ1n) is 9.17. The van der Waals surface area contributed by atoms with E-state index in [4.69, 9.17) is 4.74 Å². The predicted molar refractivity (Wildman–Crippen MR) is 106 cm³/mol. The molecule has 2 aromatic heterocycles. The molecule has 1 aliphatic rings. The summed E-state index contributed by atoms with van der Waals surface area (Å²) in [7, 11) is 0. The number of allylic oxidation sites excluding steroid dienone is 1. The Balaban J connectivity index is 1.41. The number of unbranched alkanes of at least 4 members (excludes halogenated alkanes) is 1. The van der Waals surface area contributed by atoms with E-state index in [-0.39, 0.29) is 0 Å². The Labute approximate surface area is 175 Å². The van der Waals surface area contributed by atoms with Crippen LogP contribution in [0.3, 0.4) is 0 Å². The van der Waals surface area contributed by atoms with Crippen molar-refractivity contribution in [2.45, 2.75) is 32.7 Å². The second-order valence-electron chi connectivity index (χ2n) is 6.48. The summed E-state index contributed by atoms with van der Waals surface area (Å²) in [5, 5.41) is 7.18. The zero-order chi connectivity index (χ0) is 19.1. The van der Waals surface area contributed by atoms with Crippen LogP contribution in [0.25, 0.3) is 6.08 Å². The molecule has 0 saturated carbocycles. The molecule has 2 aromatic rings. The number of fused-ring (bicyclic) bond motifs is 1. The second-order valence-corrected chi connectivity index (χ2v) is 8.26. The van der Waals surface area contributed by atoms with Crippen LogP contribution in [0.5, 0.6) is 5.88 Å². The quantitative estimate of drug-likeness (QED) is 0.288. The fourth-order valence-electron chi connectivity index (χ4n) is 3.19. The molecular formula is C19H24N5O2Pb. The number of carbonyl (C=O) groups excluding carboxylic acids is 1. The van der Waals surface area contributed by atoms with Gasteiger partial charge in [0.1, 0.15) is 5.82 Å². The number of nitrogens with one attached hydrogen (secondary N) is 1. The Bertz CT molecular complexity index is 805. The first kappa shape index (κ1) is 20.0. The molecule has 0 aromatic carbocycles. The first-order chi connectivity index (χ1) is 13.2. The SMILES string of the molecule is C/C=C\c1ccc(OCCCCN2CCc3n[n]([Pb])cc3C2)nc1NC=O. The van der Waals surface area contributed by atoms with Gasteiger partial charge in [0.15, 0.2) is 0 Å². The Hall–Kier alpha value is -1.75. The molecule has 0 aliphatic carbocycles. The van der Waals surface area contributed by atoms with Crippen LogP contribution in [0, 0.1) is 0 Å². The van der Waals surface area contributed by atoms with Gasteiger partial charge in [-0.05, 0) is 13.0 Å². The van der Waals surface area contributed by atoms with E-state index in [1.165, 1.54) is 11.3 Å². The van der Waals surface area contributed by atoms with Crippen molar-refractivity contribution in [2.75, 3.05) is 25.0 Å². The average molecular weight is 562 g/mol. The van der Waals surface area contributed by atoms with Gasteiger partial charge in [-0.15, -0.1) is 0 Å².